The molecule has 0 bridgehead atoms. The first-order valence-electron chi connectivity index (χ1n) is 4.33. The van der Waals surface area contributed by atoms with Gasteiger partial charge in [0, 0.05) is 0 Å². The second-order valence-electron chi connectivity index (χ2n) is 4.03. The lowest BCUT2D eigenvalue weighted by atomic mass is 9.64. The molecule has 4 nitrogen and oxygen atoms in total. The van der Waals surface area contributed by atoms with E-state index in [1.165, 1.54) is 6.08 Å². The zero-order chi connectivity index (χ0) is 10.3. The lowest BCUT2D eigenvalue weighted by Gasteiger charge is -2.27. The third kappa shape index (κ3) is 5.58. The molecule has 2 N–H and O–H groups in total. The van der Waals surface area contributed by atoms with Gasteiger partial charge < -0.3 is 10.4 Å². The van der Waals surface area contributed by atoms with Crippen LogP contribution in [-0.2, 0) is 9.45 Å². The van der Waals surface area contributed by atoms with Gasteiger partial charge in [0.15, 0.2) is 0 Å². The van der Waals surface area contributed by atoms with Crippen molar-refractivity contribution in [3.8, 4) is 0 Å². The molecule has 0 fully saturated rings. The van der Waals surface area contributed by atoms with Crippen molar-refractivity contribution in [3.63, 3.8) is 0 Å². The Bertz CT molecular complexity index is 185. The summed E-state index contributed by atoms with van der Waals surface area (Å²) in [5, 5.41) is 0. The summed E-state index contributed by atoms with van der Waals surface area (Å²) in [6.07, 6.45) is 1.53. The van der Waals surface area contributed by atoms with Gasteiger partial charge in [-0.15, -0.1) is 0 Å². The third-order valence-corrected chi connectivity index (χ3v) is 2.04. The standard InChI is InChI=1S/C8H17BN2O2/c1-8(2,3)7(4-11-6-12)9-13-5-10/h7,9H,4-5,10H2,1-3H3. The molecule has 0 aliphatic rings. The molecule has 13 heavy (non-hydrogen) atoms. The van der Waals surface area contributed by atoms with Crippen LogP contribution in [-0.4, -0.2) is 26.8 Å². The maximum absolute atomic E-state index is 9.95. The lowest BCUT2D eigenvalue weighted by Crippen LogP contribution is -2.26. The van der Waals surface area contributed by atoms with E-state index in [0.29, 0.717) is 14.0 Å². The highest BCUT2D eigenvalue weighted by molar-refractivity contribution is 6.30. The maximum atomic E-state index is 9.95. The number of nitrogens with zero attached hydrogens (tertiary/aromatic N) is 1. The van der Waals surface area contributed by atoms with Gasteiger partial charge in [0.25, 0.3) is 7.48 Å². The fraction of sp³-hybridized carbons (Fsp3) is 0.875. The number of nitrogens with two attached hydrogens (primary N) is 1. The molecule has 0 saturated carbocycles. The highest BCUT2D eigenvalue weighted by Gasteiger charge is 2.25. The summed E-state index contributed by atoms with van der Waals surface area (Å²) in [7, 11) is 0.533. The Kier molecular flexibility index (Phi) is 5.63. The predicted molar refractivity (Wildman–Crippen MR) is 53.5 cm³/mol. The zero-order valence-electron chi connectivity index (χ0n) is 8.54. The van der Waals surface area contributed by atoms with Crippen LogP contribution in [0.25, 0.3) is 0 Å². The van der Waals surface area contributed by atoms with Crippen LogP contribution in [0.4, 0.5) is 0 Å². The van der Waals surface area contributed by atoms with Crippen molar-refractivity contribution in [1.29, 1.82) is 0 Å². The molecule has 0 aromatic heterocycles. The van der Waals surface area contributed by atoms with Gasteiger partial charge in [-0.3, -0.25) is 0 Å². The van der Waals surface area contributed by atoms with Crippen LogP contribution in [0.2, 0.25) is 5.82 Å². The summed E-state index contributed by atoms with van der Waals surface area (Å²) >= 11 is 0. The minimum atomic E-state index is 0.0650. The summed E-state index contributed by atoms with van der Waals surface area (Å²) in [6, 6.07) is 0. The molecule has 0 amide bonds. The second-order valence-corrected chi connectivity index (χ2v) is 4.03. The SMILES string of the molecule is CC(C)(C)C(BOCN)CN=C=O. The topological polar surface area (TPSA) is 64.7 Å². The molecule has 0 aliphatic carbocycles. The van der Waals surface area contributed by atoms with Crippen molar-refractivity contribution in [1.82, 2.24) is 0 Å². The van der Waals surface area contributed by atoms with Crippen molar-refractivity contribution >= 4 is 13.6 Å². The first-order valence-corrected chi connectivity index (χ1v) is 4.33. The number of isocyanates is 1. The lowest BCUT2D eigenvalue weighted by molar-refractivity contribution is 0.303. The van der Waals surface area contributed by atoms with Gasteiger partial charge in [0.2, 0.25) is 6.08 Å². The third-order valence-electron chi connectivity index (χ3n) is 2.04. The van der Waals surface area contributed by atoms with Crippen molar-refractivity contribution in [2.75, 3.05) is 13.3 Å². The molecule has 0 rings (SSSR count). The van der Waals surface area contributed by atoms with E-state index in [0.717, 1.165) is 0 Å². The Morgan fingerprint density at radius 2 is 2.23 bits per heavy atom. The predicted octanol–water partition coefficient (Wildman–Crippen LogP) is 0.441. The smallest absolute Gasteiger partial charge is 0.282 e. The summed E-state index contributed by atoms with van der Waals surface area (Å²) < 4.78 is 5.11. The van der Waals surface area contributed by atoms with Crippen LogP contribution >= 0.6 is 0 Å². The Morgan fingerprint density at radius 3 is 2.62 bits per heavy atom. The van der Waals surface area contributed by atoms with E-state index in [4.69, 9.17) is 10.4 Å². The van der Waals surface area contributed by atoms with E-state index in [-0.39, 0.29) is 18.0 Å². The molecule has 0 heterocycles. The fourth-order valence-corrected chi connectivity index (χ4v) is 0.934. The van der Waals surface area contributed by atoms with Gasteiger partial charge in [-0.2, -0.15) is 0 Å². The Labute approximate surface area is 79.8 Å². The molecule has 0 aromatic carbocycles. The number of rotatable bonds is 5. The van der Waals surface area contributed by atoms with E-state index in [1.54, 1.807) is 0 Å². The van der Waals surface area contributed by atoms with Crippen LogP contribution in [0.5, 0.6) is 0 Å². The van der Waals surface area contributed by atoms with Crippen LogP contribution in [0.1, 0.15) is 20.8 Å². The van der Waals surface area contributed by atoms with E-state index in [1.807, 2.05) is 0 Å². The number of aliphatic imine (C=N–C) groups is 1. The van der Waals surface area contributed by atoms with Gasteiger partial charge in [-0.05, 0) is 11.2 Å². The summed E-state index contributed by atoms with van der Waals surface area (Å²) in [6.45, 7) is 6.90. The average Bonchev–Trinajstić information content (AvgIpc) is 2.02. The highest BCUT2D eigenvalue weighted by Crippen LogP contribution is 2.30. The average molecular weight is 184 g/mol. The molecule has 0 spiro atoms. The van der Waals surface area contributed by atoms with Gasteiger partial charge >= 0.3 is 0 Å². The van der Waals surface area contributed by atoms with Crippen LogP contribution in [0.3, 0.4) is 0 Å². The number of hydrogen-bond donors (Lipinski definition) is 1. The Hall–Kier alpha value is -0.635. The molecule has 0 aromatic rings. The van der Waals surface area contributed by atoms with E-state index in [2.05, 4.69) is 25.8 Å². The van der Waals surface area contributed by atoms with Gasteiger partial charge in [-0.25, -0.2) is 9.79 Å². The van der Waals surface area contributed by atoms with E-state index < -0.39 is 0 Å². The van der Waals surface area contributed by atoms with Crippen LogP contribution < -0.4 is 5.73 Å². The summed E-state index contributed by atoms with van der Waals surface area (Å²) in [5.41, 5.74) is 5.28. The Balaban J connectivity index is 4.10. The molecule has 1 atom stereocenters. The molecule has 5 heteroatoms. The van der Waals surface area contributed by atoms with E-state index >= 15 is 0 Å². The van der Waals surface area contributed by atoms with Crippen LogP contribution in [0.15, 0.2) is 4.99 Å². The van der Waals surface area contributed by atoms with Gasteiger partial charge in [0.05, 0.1) is 13.3 Å². The normalized spacial score (nSPS) is 13.2. The highest BCUT2D eigenvalue weighted by atomic mass is 16.4. The van der Waals surface area contributed by atoms with Crippen molar-refractivity contribution in [3.05, 3.63) is 0 Å². The minimum absolute atomic E-state index is 0.0650. The van der Waals surface area contributed by atoms with E-state index in [9.17, 15) is 4.79 Å². The first-order chi connectivity index (χ1) is 6.02. The largest absolute Gasteiger partial charge is 0.427 e. The summed E-state index contributed by atoms with van der Waals surface area (Å²) in [5.74, 6) is 0.206. The quantitative estimate of drug-likeness (QED) is 0.292. The number of carbonyl (C=O) groups excluding carboxylic acids is 1. The molecule has 1 unspecified atom stereocenters. The molecular weight excluding hydrogens is 167 g/mol. The van der Waals surface area contributed by atoms with Crippen molar-refractivity contribution in [2.45, 2.75) is 26.6 Å². The zero-order valence-corrected chi connectivity index (χ0v) is 8.54. The van der Waals surface area contributed by atoms with Gasteiger partial charge in [0.1, 0.15) is 0 Å². The first kappa shape index (κ1) is 12.4. The maximum Gasteiger partial charge on any atom is 0.282 e. The fourth-order valence-electron chi connectivity index (χ4n) is 0.934. The molecular formula is C8H17BN2O2. The van der Waals surface area contributed by atoms with Gasteiger partial charge in [-0.1, -0.05) is 20.8 Å². The van der Waals surface area contributed by atoms with Crippen molar-refractivity contribution < 1.29 is 9.45 Å². The molecule has 74 valence electrons. The molecule has 0 aliphatic heterocycles. The van der Waals surface area contributed by atoms with Crippen molar-refractivity contribution in [2.24, 2.45) is 16.1 Å². The number of hydrogen-bond acceptors (Lipinski definition) is 4. The monoisotopic (exact) mass is 184 g/mol. The molecule has 0 radical (unpaired) electrons. The summed E-state index contributed by atoms with van der Waals surface area (Å²) in [4.78, 5) is 13.5. The minimum Gasteiger partial charge on any atom is -0.427 e. The molecule has 0 saturated heterocycles. The second kappa shape index (κ2) is 5.92. The van der Waals surface area contributed by atoms with Crippen LogP contribution in [0, 0.1) is 5.41 Å². The Morgan fingerprint density at radius 1 is 1.62 bits per heavy atom.